The van der Waals surface area contributed by atoms with E-state index in [4.69, 9.17) is 29.6 Å². The summed E-state index contributed by atoms with van der Waals surface area (Å²) in [7, 11) is 0. The molecule has 2 aromatic rings. The van der Waals surface area contributed by atoms with Crippen LogP contribution in [-0.2, 0) is 0 Å². The van der Waals surface area contributed by atoms with Gasteiger partial charge >= 0.3 is 0 Å². The van der Waals surface area contributed by atoms with E-state index in [0.29, 0.717) is 5.56 Å². The molecule has 1 heterocycles. The Morgan fingerprint density at radius 1 is 1.30 bits per heavy atom. The van der Waals surface area contributed by atoms with Crippen LogP contribution in [0.1, 0.15) is 22.0 Å². The van der Waals surface area contributed by atoms with Gasteiger partial charge in [0, 0.05) is 12.4 Å². The molecule has 0 saturated heterocycles. The molecule has 0 aliphatic carbocycles. The maximum atomic E-state index is 12.2. The lowest BCUT2D eigenvalue weighted by molar-refractivity contribution is 0.0947. The first-order valence-electron chi connectivity index (χ1n) is 5.84. The maximum absolute atomic E-state index is 12.2. The fourth-order valence-corrected chi connectivity index (χ4v) is 2.13. The van der Waals surface area contributed by atoms with Gasteiger partial charge in [0.1, 0.15) is 11.0 Å². The molecule has 2 rings (SSSR count). The van der Waals surface area contributed by atoms with Crippen molar-refractivity contribution in [2.24, 2.45) is 5.73 Å². The third-order valence-corrected chi connectivity index (χ3v) is 3.25. The molecule has 1 aromatic heterocycles. The van der Waals surface area contributed by atoms with E-state index in [1.165, 1.54) is 12.4 Å². The summed E-state index contributed by atoms with van der Waals surface area (Å²) >= 11 is 11.0. The molecule has 0 radical (unpaired) electrons. The molecule has 0 bridgehead atoms. The number of carbonyl (C=O) groups excluding carboxylic acids is 1. The summed E-state index contributed by atoms with van der Waals surface area (Å²) in [5.41, 5.74) is 6.85. The van der Waals surface area contributed by atoms with Crippen LogP contribution in [0, 0.1) is 0 Å². The molecule has 4 nitrogen and oxygen atoms in total. The Morgan fingerprint density at radius 3 is 2.60 bits per heavy atom. The summed E-state index contributed by atoms with van der Waals surface area (Å²) in [6.07, 6.45) is 2.91. The fourth-order valence-electron chi connectivity index (χ4n) is 1.73. The van der Waals surface area contributed by atoms with Crippen LogP contribution in [0.2, 0.25) is 5.02 Å². The lowest BCUT2D eigenvalue weighted by Crippen LogP contribution is -2.36. The number of benzene rings is 1. The Morgan fingerprint density at radius 2 is 2.00 bits per heavy atom. The van der Waals surface area contributed by atoms with Crippen LogP contribution in [-0.4, -0.2) is 15.9 Å². The molecule has 6 heteroatoms. The number of halogens is 1. The number of amides is 1. The highest BCUT2D eigenvalue weighted by Crippen LogP contribution is 2.17. The van der Waals surface area contributed by atoms with Crippen molar-refractivity contribution in [2.45, 2.75) is 6.04 Å². The molecule has 1 amide bonds. The zero-order valence-electron chi connectivity index (χ0n) is 10.4. The van der Waals surface area contributed by atoms with Crippen LogP contribution < -0.4 is 11.1 Å². The molecule has 1 unspecified atom stereocenters. The second-order valence-electron chi connectivity index (χ2n) is 4.08. The molecule has 0 spiro atoms. The number of pyridine rings is 1. The Hall–Kier alpha value is -1.98. The topological polar surface area (TPSA) is 68.0 Å². The minimum Gasteiger partial charge on any atom is -0.391 e. The van der Waals surface area contributed by atoms with E-state index in [1.54, 1.807) is 6.07 Å². The SMILES string of the molecule is NC(=S)C(NC(=O)c1ccncc1Cl)c1ccccc1. The molecule has 0 aliphatic heterocycles. The highest BCUT2D eigenvalue weighted by atomic mass is 35.5. The largest absolute Gasteiger partial charge is 0.391 e. The van der Waals surface area contributed by atoms with Crippen LogP contribution in [0.15, 0.2) is 48.8 Å². The van der Waals surface area contributed by atoms with E-state index >= 15 is 0 Å². The highest BCUT2D eigenvalue weighted by molar-refractivity contribution is 7.80. The molecule has 102 valence electrons. The van der Waals surface area contributed by atoms with E-state index in [9.17, 15) is 4.79 Å². The van der Waals surface area contributed by atoms with Crippen molar-refractivity contribution in [1.29, 1.82) is 0 Å². The molecule has 3 N–H and O–H groups in total. The average Bonchev–Trinajstić information content (AvgIpc) is 2.45. The first-order chi connectivity index (χ1) is 9.59. The van der Waals surface area contributed by atoms with Gasteiger partial charge in [-0.15, -0.1) is 0 Å². The van der Waals surface area contributed by atoms with E-state index in [-0.39, 0.29) is 15.9 Å². The van der Waals surface area contributed by atoms with Crippen molar-refractivity contribution in [3.8, 4) is 0 Å². The summed E-state index contributed by atoms with van der Waals surface area (Å²) in [5.74, 6) is -0.348. The molecule has 1 atom stereocenters. The molecular weight excluding hydrogens is 294 g/mol. The Balaban J connectivity index is 2.24. The lowest BCUT2D eigenvalue weighted by Gasteiger charge is -2.18. The smallest absolute Gasteiger partial charge is 0.253 e. The first kappa shape index (κ1) is 14.4. The minimum absolute atomic E-state index is 0.190. The zero-order chi connectivity index (χ0) is 14.5. The van der Waals surface area contributed by atoms with Gasteiger partial charge in [-0.05, 0) is 11.6 Å². The van der Waals surface area contributed by atoms with Gasteiger partial charge < -0.3 is 11.1 Å². The van der Waals surface area contributed by atoms with Crippen molar-refractivity contribution < 1.29 is 4.79 Å². The third-order valence-electron chi connectivity index (χ3n) is 2.71. The number of nitrogens with zero attached hydrogens (tertiary/aromatic N) is 1. The number of aromatic nitrogens is 1. The van der Waals surface area contributed by atoms with Gasteiger partial charge in [0.15, 0.2) is 0 Å². The standard InChI is InChI=1S/C14H12ClN3OS/c15-11-8-17-7-6-10(11)14(19)18-12(13(16)20)9-4-2-1-3-5-9/h1-8,12H,(H2,16,20)(H,18,19). The van der Waals surface area contributed by atoms with E-state index < -0.39 is 6.04 Å². The van der Waals surface area contributed by atoms with Gasteiger partial charge in [-0.3, -0.25) is 9.78 Å². The van der Waals surface area contributed by atoms with Crippen LogP contribution in [0.4, 0.5) is 0 Å². The van der Waals surface area contributed by atoms with Crippen molar-refractivity contribution >= 4 is 34.7 Å². The van der Waals surface area contributed by atoms with Crippen LogP contribution in [0.25, 0.3) is 0 Å². The van der Waals surface area contributed by atoms with E-state index in [0.717, 1.165) is 5.56 Å². The normalized spacial score (nSPS) is 11.7. The number of nitrogens with two attached hydrogens (primary N) is 1. The predicted molar refractivity (Wildman–Crippen MR) is 82.7 cm³/mol. The van der Waals surface area contributed by atoms with Gasteiger partial charge in [0.05, 0.1) is 10.6 Å². The fraction of sp³-hybridized carbons (Fsp3) is 0.0714. The van der Waals surface area contributed by atoms with Gasteiger partial charge in [-0.25, -0.2) is 0 Å². The quantitative estimate of drug-likeness (QED) is 0.852. The molecule has 0 fully saturated rings. The summed E-state index contributed by atoms with van der Waals surface area (Å²) in [6, 6.07) is 10.3. The van der Waals surface area contributed by atoms with Crippen LogP contribution >= 0.6 is 23.8 Å². The lowest BCUT2D eigenvalue weighted by atomic mass is 10.1. The van der Waals surface area contributed by atoms with Crippen LogP contribution in [0.5, 0.6) is 0 Å². The zero-order valence-corrected chi connectivity index (χ0v) is 12.0. The summed E-state index contributed by atoms with van der Waals surface area (Å²) in [5, 5.41) is 3.05. The second-order valence-corrected chi connectivity index (χ2v) is 4.95. The monoisotopic (exact) mass is 305 g/mol. The molecule has 1 aromatic carbocycles. The van der Waals surface area contributed by atoms with E-state index in [2.05, 4.69) is 10.3 Å². The number of hydrogen-bond donors (Lipinski definition) is 2. The van der Waals surface area contributed by atoms with Crippen molar-refractivity contribution in [3.63, 3.8) is 0 Å². The molecule has 20 heavy (non-hydrogen) atoms. The number of carbonyl (C=O) groups is 1. The number of hydrogen-bond acceptors (Lipinski definition) is 3. The maximum Gasteiger partial charge on any atom is 0.253 e. The Labute approximate surface area is 127 Å². The molecular formula is C14H12ClN3OS. The third kappa shape index (κ3) is 3.31. The predicted octanol–water partition coefficient (Wildman–Crippen LogP) is 2.49. The summed E-state index contributed by atoms with van der Waals surface area (Å²) in [4.78, 5) is 16.2. The Kier molecular flexibility index (Phi) is 4.65. The first-order valence-corrected chi connectivity index (χ1v) is 6.63. The molecule has 0 aliphatic rings. The number of nitrogens with one attached hydrogen (secondary N) is 1. The summed E-state index contributed by atoms with van der Waals surface area (Å²) < 4.78 is 0. The van der Waals surface area contributed by atoms with Crippen molar-refractivity contribution in [3.05, 3.63) is 64.9 Å². The number of rotatable bonds is 4. The van der Waals surface area contributed by atoms with Crippen molar-refractivity contribution in [1.82, 2.24) is 10.3 Å². The average molecular weight is 306 g/mol. The van der Waals surface area contributed by atoms with Gasteiger partial charge in [0.2, 0.25) is 0 Å². The van der Waals surface area contributed by atoms with Crippen molar-refractivity contribution in [2.75, 3.05) is 0 Å². The summed E-state index contributed by atoms with van der Waals surface area (Å²) in [6.45, 7) is 0. The van der Waals surface area contributed by atoms with E-state index in [1.807, 2.05) is 30.3 Å². The molecule has 0 saturated carbocycles. The second kappa shape index (κ2) is 6.45. The van der Waals surface area contributed by atoms with Gasteiger partial charge in [-0.2, -0.15) is 0 Å². The van der Waals surface area contributed by atoms with Gasteiger partial charge in [0.25, 0.3) is 5.91 Å². The Bertz CT molecular complexity index is 633. The number of thiocarbonyl (C=S) groups is 1. The minimum atomic E-state index is -0.539. The van der Waals surface area contributed by atoms with Gasteiger partial charge in [-0.1, -0.05) is 54.2 Å². The van der Waals surface area contributed by atoms with Crippen LogP contribution in [0.3, 0.4) is 0 Å². The highest BCUT2D eigenvalue weighted by Gasteiger charge is 2.19.